The highest BCUT2D eigenvalue weighted by molar-refractivity contribution is 5.82. The number of anilines is 1. The van der Waals surface area contributed by atoms with Crippen LogP contribution in [0.2, 0.25) is 0 Å². The summed E-state index contributed by atoms with van der Waals surface area (Å²) in [7, 11) is 0. The molecule has 9 nitrogen and oxygen atoms in total. The van der Waals surface area contributed by atoms with Crippen LogP contribution in [0.15, 0.2) is 12.1 Å². The topological polar surface area (TPSA) is 136 Å². The van der Waals surface area contributed by atoms with Crippen molar-refractivity contribution in [3.63, 3.8) is 0 Å². The van der Waals surface area contributed by atoms with Gasteiger partial charge in [0.2, 0.25) is 0 Å². The second kappa shape index (κ2) is 6.46. The van der Waals surface area contributed by atoms with Crippen molar-refractivity contribution in [3.05, 3.63) is 37.9 Å². The summed E-state index contributed by atoms with van der Waals surface area (Å²) in [6, 6.07) is -1.21. The summed E-state index contributed by atoms with van der Waals surface area (Å²) in [6.45, 7) is 1.38. The van der Waals surface area contributed by atoms with Gasteiger partial charge in [0.1, 0.15) is 6.04 Å². The van der Waals surface area contributed by atoms with Gasteiger partial charge in [0.25, 0.3) is 11.4 Å². The molecule has 0 radical (unpaired) electrons. The zero-order valence-electron chi connectivity index (χ0n) is 11.5. The SMILES string of the molecule is CCC(Nc1c([N+](=O)[O-])cc(C(F)(F)F)cc1[N+](=O)[O-])C(=O)O. The van der Waals surface area contributed by atoms with Crippen molar-refractivity contribution in [2.45, 2.75) is 25.6 Å². The lowest BCUT2D eigenvalue weighted by Crippen LogP contribution is -2.29. The summed E-state index contributed by atoms with van der Waals surface area (Å²) in [5.74, 6) is -1.46. The molecule has 0 aliphatic carbocycles. The minimum Gasteiger partial charge on any atom is -0.480 e. The number of benzene rings is 1. The van der Waals surface area contributed by atoms with Crippen LogP contribution in [0, 0.1) is 20.2 Å². The lowest BCUT2D eigenvalue weighted by atomic mass is 10.1. The highest BCUT2D eigenvalue weighted by Gasteiger charge is 2.38. The van der Waals surface area contributed by atoms with E-state index in [1.54, 1.807) is 0 Å². The Balaban J connectivity index is 3.62. The quantitative estimate of drug-likeness (QED) is 0.601. The molecule has 1 unspecified atom stereocenters. The molecule has 0 heterocycles. The van der Waals surface area contributed by atoms with Crippen LogP contribution in [-0.2, 0) is 11.0 Å². The summed E-state index contributed by atoms with van der Waals surface area (Å²) in [4.78, 5) is 30.3. The van der Waals surface area contributed by atoms with E-state index in [4.69, 9.17) is 5.11 Å². The Morgan fingerprint density at radius 1 is 1.26 bits per heavy atom. The van der Waals surface area contributed by atoms with Crippen LogP contribution in [0.5, 0.6) is 0 Å². The van der Waals surface area contributed by atoms with Crippen LogP contribution in [0.1, 0.15) is 18.9 Å². The van der Waals surface area contributed by atoms with E-state index in [2.05, 4.69) is 5.32 Å². The van der Waals surface area contributed by atoms with Crippen LogP contribution in [0.4, 0.5) is 30.2 Å². The highest BCUT2D eigenvalue weighted by Crippen LogP contribution is 2.41. The molecule has 23 heavy (non-hydrogen) atoms. The Kier molecular flexibility index (Phi) is 5.09. The van der Waals surface area contributed by atoms with Gasteiger partial charge in [-0.1, -0.05) is 6.92 Å². The lowest BCUT2D eigenvalue weighted by Gasteiger charge is -2.15. The van der Waals surface area contributed by atoms with E-state index in [-0.39, 0.29) is 18.6 Å². The van der Waals surface area contributed by atoms with E-state index in [1.807, 2.05) is 0 Å². The summed E-state index contributed by atoms with van der Waals surface area (Å²) >= 11 is 0. The van der Waals surface area contributed by atoms with Gasteiger partial charge in [-0.3, -0.25) is 20.2 Å². The zero-order valence-corrected chi connectivity index (χ0v) is 11.5. The molecular formula is C11H10F3N3O6. The number of alkyl halides is 3. The number of aliphatic carboxylic acids is 1. The molecule has 0 aliphatic rings. The van der Waals surface area contributed by atoms with Crippen LogP contribution < -0.4 is 5.32 Å². The molecule has 1 atom stereocenters. The number of nitrogens with zero attached hydrogens (tertiary/aromatic N) is 2. The van der Waals surface area contributed by atoms with Gasteiger partial charge in [-0.15, -0.1) is 0 Å². The molecule has 0 aliphatic heterocycles. The number of halogens is 3. The van der Waals surface area contributed by atoms with E-state index in [0.29, 0.717) is 0 Å². The van der Waals surface area contributed by atoms with Crippen molar-refractivity contribution in [1.29, 1.82) is 0 Å². The molecular weight excluding hydrogens is 327 g/mol. The first-order valence-corrected chi connectivity index (χ1v) is 6.02. The van der Waals surface area contributed by atoms with E-state index < -0.39 is 50.7 Å². The number of carboxylic acid groups (broad SMARTS) is 1. The highest BCUT2D eigenvalue weighted by atomic mass is 19.4. The number of nitro benzene ring substituents is 2. The van der Waals surface area contributed by atoms with Gasteiger partial charge in [-0.2, -0.15) is 13.2 Å². The maximum Gasteiger partial charge on any atom is 0.416 e. The molecule has 0 saturated heterocycles. The fraction of sp³-hybridized carbons (Fsp3) is 0.364. The summed E-state index contributed by atoms with van der Waals surface area (Å²) in [5.41, 5.74) is -4.93. The predicted molar refractivity (Wildman–Crippen MR) is 70.1 cm³/mol. The molecule has 0 aromatic heterocycles. The third-order valence-corrected chi connectivity index (χ3v) is 2.84. The molecule has 0 bridgehead atoms. The Labute approximate surface area is 126 Å². The number of nitrogens with one attached hydrogen (secondary N) is 1. The number of hydrogen-bond acceptors (Lipinski definition) is 6. The number of carboxylic acids is 1. The van der Waals surface area contributed by atoms with E-state index in [9.17, 15) is 38.2 Å². The maximum absolute atomic E-state index is 12.7. The smallest absolute Gasteiger partial charge is 0.416 e. The van der Waals surface area contributed by atoms with Gasteiger partial charge < -0.3 is 10.4 Å². The van der Waals surface area contributed by atoms with Crippen molar-refractivity contribution in [1.82, 2.24) is 0 Å². The third kappa shape index (κ3) is 4.05. The molecule has 0 amide bonds. The molecule has 0 saturated carbocycles. The zero-order chi connectivity index (χ0) is 17.9. The number of nitro groups is 2. The first-order valence-electron chi connectivity index (χ1n) is 6.02. The molecule has 2 N–H and O–H groups in total. The Bertz CT molecular complexity index is 626. The normalized spacial score (nSPS) is 12.5. The number of carbonyl (C=O) groups is 1. The van der Waals surface area contributed by atoms with Crippen molar-refractivity contribution >= 4 is 23.0 Å². The predicted octanol–water partition coefficient (Wildman–Crippen LogP) is 2.80. The average molecular weight is 337 g/mol. The Hall–Kier alpha value is -2.92. The minimum atomic E-state index is -5.04. The Morgan fingerprint density at radius 2 is 1.70 bits per heavy atom. The lowest BCUT2D eigenvalue weighted by molar-refractivity contribution is -0.392. The van der Waals surface area contributed by atoms with E-state index in [1.165, 1.54) is 6.92 Å². The van der Waals surface area contributed by atoms with Crippen molar-refractivity contribution in [3.8, 4) is 0 Å². The van der Waals surface area contributed by atoms with E-state index in [0.717, 1.165) is 0 Å². The van der Waals surface area contributed by atoms with Gasteiger partial charge in [0.15, 0.2) is 5.69 Å². The van der Waals surface area contributed by atoms with Crippen molar-refractivity contribution in [2.24, 2.45) is 0 Å². The van der Waals surface area contributed by atoms with Crippen LogP contribution in [-0.4, -0.2) is 27.0 Å². The van der Waals surface area contributed by atoms with Gasteiger partial charge in [-0.25, -0.2) is 4.79 Å². The molecule has 0 spiro atoms. The fourth-order valence-electron chi connectivity index (χ4n) is 1.72. The minimum absolute atomic E-state index is 0.106. The summed E-state index contributed by atoms with van der Waals surface area (Å²) in [5, 5.41) is 32.8. The molecule has 1 aromatic rings. The summed E-state index contributed by atoms with van der Waals surface area (Å²) < 4.78 is 38.1. The van der Waals surface area contributed by atoms with Gasteiger partial charge in [0, 0.05) is 12.1 Å². The van der Waals surface area contributed by atoms with Crippen LogP contribution >= 0.6 is 0 Å². The number of hydrogen-bond donors (Lipinski definition) is 2. The van der Waals surface area contributed by atoms with Crippen molar-refractivity contribution < 1.29 is 32.9 Å². The first kappa shape index (κ1) is 18.1. The second-order valence-electron chi connectivity index (χ2n) is 4.34. The third-order valence-electron chi connectivity index (χ3n) is 2.84. The standard InChI is InChI=1S/C11H10F3N3O6/c1-2-6(10(18)19)15-9-7(16(20)21)3-5(11(12,13)14)4-8(9)17(22)23/h3-4,6,15H,2H2,1H3,(H,18,19). The van der Waals surface area contributed by atoms with Crippen molar-refractivity contribution in [2.75, 3.05) is 5.32 Å². The molecule has 0 fully saturated rings. The number of rotatable bonds is 6. The molecule has 1 rings (SSSR count). The first-order chi connectivity index (χ1) is 10.5. The average Bonchev–Trinajstić information content (AvgIpc) is 2.42. The van der Waals surface area contributed by atoms with Crippen LogP contribution in [0.25, 0.3) is 0 Å². The molecule has 12 heteroatoms. The largest absolute Gasteiger partial charge is 0.480 e. The van der Waals surface area contributed by atoms with Gasteiger partial charge >= 0.3 is 12.1 Å². The van der Waals surface area contributed by atoms with E-state index >= 15 is 0 Å². The summed E-state index contributed by atoms with van der Waals surface area (Å²) in [6.07, 6.45) is -5.14. The molecule has 126 valence electrons. The van der Waals surface area contributed by atoms with Gasteiger partial charge in [0.05, 0.1) is 15.4 Å². The Morgan fingerprint density at radius 3 is 1.96 bits per heavy atom. The molecule has 1 aromatic carbocycles. The maximum atomic E-state index is 12.7. The van der Waals surface area contributed by atoms with Gasteiger partial charge in [-0.05, 0) is 6.42 Å². The second-order valence-corrected chi connectivity index (χ2v) is 4.34. The van der Waals surface area contributed by atoms with Crippen LogP contribution in [0.3, 0.4) is 0 Å². The monoisotopic (exact) mass is 337 g/mol. The fourth-order valence-corrected chi connectivity index (χ4v) is 1.72.